The van der Waals surface area contributed by atoms with E-state index in [0.29, 0.717) is 6.04 Å². The van der Waals surface area contributed by atoms with Gasteiger partial charge in [-0.2, -0.15) is 10.2 Å². The zero-order valence-electron chi connectivity index (χ0n) is 5.59. The molecule has 8 heavy (non-hydrogen) atoms. The lowest BCUT2D eigenvalue weighted by molar-refractivity contribution is 0.624. The Balaban J connectivity index is 3.36. The molecule has 1 radical (unpaired) electrons. The van der Waals surface area contributed by atoms with Crippen LogP contribution in [0.3, 0.4) is 0 Å². The molecule has 1 atom stereocenters. The van der Waals surface area contributed by atoms with Gasteiger partial charge in [0.2, 0.25) is 0 Å². The maximum absolute atomic E-state index is 3.92. The summed E-state index contributed by atoms with van der Waals surface area (Å²) < 4.78 is 0. The summed E-state index contributed by atoms with van der Waals surface area (Å²) in [6, 6.07) is 0.347. The van der Waals surface area contributed by atoms with Crippen molar-refractivity contribution in [1.82, 2.24) is 0 Å². The maximum Gasteiger partial charge on any atom is 0.0705 e. The van der Waals surface area contributed by atoms with Crippen LogP contribution >= 0.6 is 0 Å². The Morgan fingerprint density at radius 3 is 2.38 bits per heavy atom. The van der Waals surface area contributed by atoms with Gasteiger partial charge in [0, 0.05) is 7.05 Å². The van der Waals surface area contributed by atoms with Crippen LogP contribution in [0.4, 0.5) is 0 Å². The van der Waals surface area contributed by atoms with E-state index in [0.717, 1.165) is 12.8 Å². The zero-order valence-corrected chi connectivity index (χ0v) is 5.59. The second-order valence-corrected chi connectivity index (χ2v) is 1.67. The van der Waals surface area contributed by atoms with Gasteiger partial charge in [-0.15, -0.1) is 0 Å². The van der Waals surface area contributed by atoms with Crippen molar-refractivity contribution >= 4 is 0 Å². The highest BCUT2D eigenvalue weighted by atomic mass is 15.1. The molecule has 0 aliphatic carbocycles. The first kappa shape index (κ1) is 7.60. The molecule has 2 heteroatoms. The molecule has 1 unspecified atom stereocenters. The molecule has 0 bridgehead atoms. The Morgan fingerprint density at radius 1 is 1.62 bits per heavy atom. The molecule has 47 valence electrons. The second-order valence-electron chi connectivity index (χ2n) is 1.67. The van der Waals surface area contributed by atoms with Crippen LogP contribution in [-0.2, 0) is 0 Å². The minimum Gasteiger partial charge on any atom is -0.197 e. The van der Waals surface area contributed by atoms with Gasteiger partial charge in [-0.1, -0.05) is 13.8 Å². The molecule has 0 spiro atoms. The standard InChI is InChI=1S/C6H13N2/c1-4-6(5-2)8-7-3/h6H,1,4-5H2,2-3H3/b8-7+. The summed E-state index contributed by atoms with van der Waals surface area (Å²) in [4.78, 5) is 0. The van der Waals surface area contributed by atoms with E-state index in [1.807, 2.05) is 0 Å². The summed E-state index contributed by atoms with van der Waals surface area (Å²) in [6.07, 6.45) is 1.90. The van der Waals surface area contributed by atoms with Crippen LogP contribution in [0.5, 0.6) is 0 Å². The van der Waals surface area contributed by atoms with Crippen molar-refractivity contribution in [2.24, 2.45) is 10.2 Å². The number of hydrogen-bond acceptors (Lipinski definition) is 2. The fourth-order valence-corrected chi connectivity index (χ4v) is 0.507. The molecule has 0 heterocycles. The summed E-state index contributed by atoms with van der Waals surface area (Å²) >= 11 is 0. The van der Waals surface area contributed by atoms with Crippen molar-refractivity contribution in [2.75, 3.05) is 7.05 Å². The van der Waals surface area contributed by atoms with Gasteiger partial charge in [-0.05, 0) is 12.8 Å². The van der Waals surface area contributed by atoms with E-state index in [4.69, 9.17) is 0 Å². The van der Waals surface area contributed by atoms with Crippen molar-refractivity contribution < 1.29 is 0 Å². The third-order valence-corrected chi connectivity index (χ3v) is 1.08. The molecule has 0 aliphatic heterocycles. The Hall–Kier alpha value is -0.400. The van der Waals surface area contributed by atoms with Crippen LogP contribution in [0.2, 0.25) is 0 Å². The molecule has 0 aromatic rings. The first-order chi connectivity index (χ1) is 3.85. The van der Waals surface area contributed by atoms with Gasteiger partial charge in [0.25, 0.3) is 0 Å². The van der Waals surface area contributed by atoms with E-state index in [9.17, 15) is 0 Å². The van der Waals surface area contributed by atoms with Gasteiger partial charge in [0.1, 0.15) is 0 Å². The van der Waals surface area contributed by atoms with Crippen LogP contribution in [-0.4, -0.2) is 13.1 Å². The third kappa shape index (κ3) is 2.72. The Labute approximate surface area is 51.0 Å². The largest absolute Gasteiger partial charge is 0.197 e. The zero-order chi connectivity index (χ0) is 6.41. The van der Waals surface area contributed by atoms with E-state index in [2.05, 4.69) is 24.1 Å². The summed E-state index contributed by atoms with van der Waals surface area (Å²) in [6.45, 7) is 5.81. The van der Waals surface area contributed by atoms with Gasteiger partial charge in [0.15, 0.2) is 0 Å². The van der Waals surface area contributed by atoms with Crippen molar-refractivity contribution in [3.8, 4) is 0 Å². The monoisotopic (exact) mass is 113 g/mol. The molecule has 0 aliphatic rings. The Bertz CT molecular complexity index is 64.9. The molecule has 0 N–H and O–H groups in total. The third-order valence-electron chi connectivity index (χ3n) is 1.08. The van der Waals surface area contributed by atoms with Gasteiger partial charge in [0.05, 0.1) is 6.04 Å². The fourth-order valence-electron chi connectivity index (χ4n) is 0.507. The van der Waals surface area contributed by atoms with Gasteiger partial charge in [-0.25, -0.2) is 0 Å². The van der Waals surface area contributed by atoms with Crippen LogP contribution in [0, 0.1) is 6.92 Å². The van der Waals surface area contributed by atoms with E-state index >= 15 is 0 Å². The van der Waals surface area contributed by atoms with Crippen molar-refractivity contribution in [1.29, 1.82) is 0 Å². The molecule has 2 nitrogen and oxygen atoms in total. The first-order valence-corrected chi connectivity index (χ1v) is 2.93. The molecule has 0 rings (SSSR count). The smallest absolute Gasteiger partial charge is 0.0705 e. The average molecular weight is 113 g/mol. The molecular weight excluding hydrogens is 100 g/mol. The summed E-state index contributed by atoms with van der Waals surface area (Å²) in [5.41, 5.74) is 0. The molecule has 0 fully saturated rings. The van der Waals surface area contributed by atoms with E-state index in [1.54, 1.807) is 7.05 Å². The fraction of sp³-hybridized carbons (Fsp3) is 0.833. The number of hydrogen-bond donors (Lipinski definition) is 0. The average Bonchev–Trinajstić information content (AvgIpc) is 1.83. The topological polar surface area (TPSA) is 24.7 Å². The SMILES string of the molecule is [CH2]CC(CC)/N=N/C. The summed E-state index contributed by atoms with van der Waals surface area (Å²) in [5, 5.41) is 7.59. The van der Waals surface area contributed by atoms with E-state index < -0.39 is 0 Å². The number of nitrogens with zero attached hydrogens (tertiary/aromatic N) is 2. The van der Waals surface area contributed by atoms with Crippen LogP contribution in [0.25, 0.3) is 0 Å². The molecule has 0 saturated heterocycles. The molecule has 0 saturated carbocycles. The minimum absolute atomic E-state index is 0.347. The quantitative estimate of drug-likeness (QED) is 0.500. The lowest BCUT2D eigenvalue weighted by atomic mass is 10.2. The maximum atomic E-state index is 3.92. The van der Waals surface area contributed by atoms with E-state index in [-0.39, 0.29) is 0 Å². The van der Waals surface area contributed by atoms with Crippen LogP contribution < -0.4 is 0 Å². The Morgan fingerprint density at radius 2 is 2.25 bits per heavy atom. The lowest BCUT2D eigenvalue weighted by Crippen LogP contribution is -1.97. The normalized spacial score (nSPS) is 11.5. The second kappa shape index (κ2) is 4.75. The van der Waals surface area contributed by atoms with Crippen LogP contribution in [0.1, 0.15) is 19.8 Å². The Kier molecular flexibility index (Phi) is 4.51. The first-order valence-electron chi connectivity index (χ1n) is 2.93. The summed E-state index contributed by atoms with van der Waals surface area (Å²) in [5.74, 6) is 0. The molecule has 0 amide bonds. The summed E-state index contributed by atoms with van der Waals surface area (Å²) in [7, 11) is 1.69. The highest BCUT2D eigenvalue weighted by Crippen LogP contribution is 2.00. The highest BCUT2D eigenvalue weighted by molar-refractivity contribution is 4.61. The van der Waals surface area contributed by atoms with Crippen LogP contribution in [0.15, 0.2) is 10.2 Å². The highest BCUT2D eigenvalue weighted by Gasteiger charge is 1.96. The van der Waals surface area contributed by atoms with E-state index in [1.165, 1.54) is 0 Å². The van der Waals surface area contributed by atoms with Crippen molar-refractivity contribution in [3.05, 3.63) is 6.92 Å². The van der Waals surface area contributed by atoms with Crippen molar-refractivity contribution in [2.45, 2.75) is 25.8 Å². The van der Waals surface area contributed by atoms with Gasteiger partial charge in [-0.3, -0.25) is 0 Å². The molecular formula is C6H13N2. The predicted molar refractivity (Wildman–Crippen MR) is 34.8 cm³/mol. The number of azo groups is 1. The lowest BCUT2D eigenvalue weighted by Gasteiger charge is -2.00. The number of rotatable bonds is 3. The minimum atomic E-state index is 0.347. The molecule has 0 aromatic heterocycles. The van der Waals surface area contributed by atoms with Crippen molar-refractivity contribution in [3.63, 3.8) is 0 Å². The van der Waals surface area contributed by atoms with Gasteiger partial charge < -0.3 is 0 Å². The van der Waals surface area contributed by atoms with Gasteiger partial charge >= 0.3 is 0 Å². The predicted octanol–water partition coefficient (Wildman–Crippen LogP) is 2.07. The molecule has 0 aromatic carbocycles.